The van der Waals surface area contributed by atoms with Crippen molar-refractivity contribution < 1.29 is 17.7 Å². The quantitative estimate of drug-likeness (QED) is 0.579. The molecule has 27 heavy (non-hydrogen) atoms. The van der Waals surface area contributed by atoms with E-state index in [1.54, 1.807) is 30.3 Å². The van der Waals surface area contributed by atoms with Crippen molar-refractivity contribution in [2.75, 3.05) is 6.61 Å². The Morgan fingerprint density at radius 3 is 2.63 bits per heavy atom. The van der Waals surface area contributed by atoms with E-state index in [-0.39, 0.29) is 11.5 Å². The molecule has 0 spiro atoms. The van der Waals surface area contributed by atoms with Crippen LogP contribution in [0.15, 0.2) is 66.1 Å². The zero-order valence-corrected chi connectivity index (χ0v) is 16.4. The van der Waals surface area contributed by atoms with Crippen molar-refractivity contribution in [1.29, 1.82) is 0 Å². The Bertz CT molecular complexity index is 902. The number of aliphatic hydroxyl groups excluding tert-OH is 1. The number of allylic oxidation sites excluding steroid dienone is 1. The van der Waals surface area contributed by atoms with Crippen LogP contribution in [0, 0.1) is 6.92 Å². The van der Waals surface area contributed by atoms with Gasteiger partial charge in [0, 0.05) is 5.41 Å². The Kier molecular flexibility index (Phi) is 5.84. The molecule has 2 aromatic carbocycles. The second kappa shape index (κ2) is 7.97. The summed E-state index contributed by atoms with van der Waals surface area (Å²) in [7, 11) is -3.82. The average molecular weight is 387 g/mol. The van der Waals surface area contributed by atoms with Gasteiger partial charge in [0.05, 0.1) is 17.6 Å². The first-order valence-electron chi connectivity index (χ1n) is 9.22. The molecule has 0 heterocycles. The Morgan fingerprint density at radius 1 is 1.22 bits per heavy atom. The molecule has 3 rings (SSSR count). The highest BCUT2D eigenvalue weighted by molar-refractivity contribution is 7.86. The monoisotopic (exact) mass is 386 g/mol. The Labute approximate surface area is 161 Å². The van der Waals surface area contributed by atoms with Crippen LogP contribution in [0.1, 0.15) is 36.0 Å². The maximum Gasteiger partial charge on any atom is 0.296 e. The van der Waals surface area contributed by atoms with Gasteiger partial charge < -0.3 is 5.11 Å². The molecule has 4 nitrogen and oxygen atoms in total. The average Bonchev–Trinajstić information content (AvgIpc) is 2.65. The summed E-state index contributed by atoms with van der Waals surface area (Å²) < 4.78 is 30.3. The van der Waals surface area contributed by atoms with Crippen LogP contribution in [0.25, 0.3) is 0 Å². The summed E-state index contributed by atoms with van der Waals surface area (Å²) in [6, 6.07) is 14.6. The van der Waals surface area contributed by atoms with Crippen molar-refractivity contribution in [3.8, 4) is 0 Å². The topological polar surface area (TPSA) is 63.6 Å². The van der Waals surface area contributed by atoms with Crippen molar-refractivity contribution in [2.24, 2.45) is 0 Å². The molecule has 5 heteroatoms. The molecule has 2 atom stereocenters. The van der Waals surface area contributed by atoms with Gasteiger partial charge in [-0.2, -0.15) is 8.42 Å². The number of rotatable bonds is 7. The molecule has 0 amide bonds. The molecular weight excluding hydrogens is 360 g/mol. The van der Waals surface area contributed by atoms with Crippen molar-refractivity contribution >= 4 is 10.1 Å². The number of aryl methyl sites for hydroxylation is 2. The molecule has 0 radical (unpaired) electrons. The van der Waals surface area contributed by atoms with Crippen LogP contribution in [-0.2, 0) is 26.1 Å². The molecule has 1 aliphatic carbocycles. The summed E-state index contributed by atoms with van der Waals surface area (Å²) in [5.41, 5.74) is 2.69. The lowest BCUT2D eigenvalue weighted by Gasteiger charge is -2.42. The van der Waals surface area contributed by atoms with Crippen LogP contribution >= 0.6 is 0 Å². The van der Waals surface area contributed by atoms with Gasteiger partial charge in [0.25, 0.3) is 10.1 Å². The molecule has 144 valence electrons. The van der Waals surface area contributed by atoms with Crippen LogP contribution in [0.5, 0.6) is 0 Å². The largest absolute Gasteiger partial charge is 0.392 e. The van der Waals surface area contributed by atoms with Gasteiger partial charge in [0.2, 0.25) is 0 Å². The van der Waals surface area contributed by atoms with Gasteiger partial charge in [0.1, 0.15) is 0 Å². The van der Waals surface area contributed by atoms with E-state index in [1.807, 2.05) is 25.1 Å². The Hall–Kier alpha value is -1.95. The second-order valence-electron chi connectivity index (χ2n) is 7.20. The normalized spacial score (nSPS) is 22.2. The van der Waals surface area contributed by atoms with Gasteiger partial charge in [-0.05, 0) is 55.9 Å². The Balaban J connectivity index is 1.81. The van der Waals surface area contributed by atoms with Crippen LogP contribution in [0.2, 0.25) is 0 Å². The van der Waals surface area contributed by atoms with Gasteiger partial charge in [-0.1, -0.05) is 48.0 Å². The third-order valence-corrected chi connectivity index (χ3v) is 6.81. The minimum absolute atomic E-state index is 0.00937. The number of aliphatic hydroxyl groups is 1. The van der Waals surface area contributed by atoms with E-state index in [9.17, 15) is 13.5 Å². The minimum Gasteiger partial charge on any atom is -0.392 e. The molecule has 0 fully saturated rings. The zero-order chi connectivity index (χ0) is 19.5. The van der Waals surface area contributed by atoms with E-state index in [0.29, 0.717) is 19.3 Å². The molecule has 0 bridgehead atoms. The van der Waals surface area contributed by atoms with Gasteiger partial charge in [-0.25, -0.2) is 0 Å². The smallest absolute Gasteiger partial charge is 0.296 e. The molecule has 0 aromatic heterocycles. The summed E-state index contributed by atoms with van der Waals surface area (Å²) >= 11 is 0. The maximum absolute atomic E-state index is 12.5. The van der Waals surface area contributed by atoms with Crippen molar-refractivity contribution in [1.82, 2.24) is 0 Å². The van der Waals surface area contributed by atoms with E-state index < -0.39 is 21.6 Å². The number of hydrogen-bond acceptors (Lipinski definition) is 4. The van der Waals surface area contributed by atoms with Crippen molar-refractivity contribution in [2.45, 2.75) is 49.0 Å². The van der Waals surface area contributed by atoms with Crippen LogP contribution in [0.3, 0.4) is 0 Å². The van der Waals surface area contributed by atoms with Crippen LogP contribution < -0.4 is 0 Å². The zero-order valence-electron chi connectivity index (χ0n) is 15.6. The number of fused-ring (bicyclic) bond motifs is 1. The van der Waals surface area contributed by atoms with Crippen LogP contribution in [0.4, 0.5) is 0 Å². The van der Waals surface area contributed by atoms with E-state index in [1.165, 1.54) is 5.56 Å². The summed E-state index contributed by atoms with van der Waals surface area (Å²) in [5.74, 6) is 0. The maximum atomic E-state index is 12.5. The molecule has 1 aliphatic rings. The van der Waals surface area contributed by atoms with Gasteiger partial charge in [-0.3, -0.25) is 4.18 Å². The number of benzene rings is 2. The molecular formula is C22H26O4S. The highest BCUT2D eigenvalue weighted by Gasteiger charge is 2.42. The lowest BCUT2D eigenvalue weighted by atomic mass is 9.64. The summed E-state index contributed by atoms with van der Waals surface area (Å²) in [6.07, 6.45) is 3.67. The highest BCUT2D eigenvalue weighted by Crippen LogP contribution is 2.43. The Morgan fingerprint density at radius 2 is 1.93 bits per heavy atom. The molecule has 2 aromatic rings. The third-order valence-electron chi connectivity index (χ3n) is 5.48. The summed E-state index contributed by atoms with van der Waals surface area (Å²) in [5, 5.41) is 10.8. The first-order valence-corrected chi connectivity index (χ1v) is 10.6. The fourth-order valence-electron chi connectivity index (χ4n) is 3.99. The lowest BCUT2D eigenvalue weighted by Crippen LogP contribution is -2.44. The molecule has 1 N–H and O–H groups in total. The predicted molar refractivity (Wildman–Crippen MR) is 106 cm³/mol. The molecule has 0 saturated carbocycles. The number of hydrogen-bond donors (Lipinski definition) is 1. The van der Waals surface area contributed by atoms with E-state index in [0.717, 1.165) is 17.5 Å². The van der Waals surface area contributed by atoms with E-state index in [4.69, 9.17) is 4.18 Å². The van der Waals surface area contributed by atoms with Crippen LogP contribution in [-0.4, -0.2) is 26.2 Å². The fourth-order valence-corrected chi connectivity index (χ4v) is 4.89. The fraction of sp³-hybridized carbons (Fsp3) is 0.364. The highest BCUT2D eigenvalue weighted by atomic mass is 32.2. The van der Waals surface area contributed by atoms with Gasteiger partial charge >= 0.3 is 0 Å². The van der Waals surface area contributed by atoms with Crippen molar-refractivity contribution in [3.05, 3.63) is 77.9 Å². The summed E-state index contributed by atoms with van der Waals surface area (Å²) in [6.45, 7) is 5.76. The first kappa shape index (κ1) is 19.8. The lowest BCUT2D eigenvalue weighted by molar-refractivity contribution is 0.0500. The molecule has 0 aliphatic heterocycles. The standard InChI is InChI=1S/C22H26O4S/c1-3-14-22(20-7-5-4-6-18(20)10-13-21(22)23)15-16-26-27(24,25)19-11-8-17(2)9-12-19/h3-9,11-12,21,23H,1,10,13-16H2,2H3. The second-order valence-corrected chi connectivity index (χ2v) is 8.82. The van der Waals surface area contributed by atoms with Gasteiger partial charge in [0.15, 0.2) is 0 Å². The molecule has 0 saturated heterocycles. The third kappa shape index (κ3) is 4.00. The van der Waals surface area contributed by atoms with E-state index in [2.05, 4.69) is 12.6 Å². The van der Waals surface area contributed by atoms with Gasteiger partial charge in [-0.15, -0.1) is 6.58 Å². The minimum atomic E-state index is -3.82. The predicted octanol–water partition coefficient (Wildman–Crippen LogP) is 3.91. The first-order chi connectivity index (χ1) is 12.9. The van der Waals surface area contributed by atoms with E-state index >= 15 is 0 Å². The molecule has 2 unspecified atom stereocenters. The van der Waals surface area contributed by atoms with Crippen molar-refractivity contribution in [3.63, 3.8) is 0 Å². The summed E-state index contributed by atoms with van der Waals surface area (Å²) in [4.78, 5) is 0.149. The SMILES string of the molecule is C=CCC1(CCOS(=O)(=O)c2ccc(C)cc2)c2ccccc2CCC1O.